The Kier molecular flexibility index (Phi) is 6.20. The summed E-state index contributed by atoms with van der Waals surface area (Å²) in [5.74, 6) is -11.2. The lowest BCUT2D eigenvalue weighted by atomic mass is 10.1. The van der Waals surface area contributed by atoms with Crippen molar-refractivity contribution in [3.63, 3.8) is 0 Å². The Hall–Kier alpha value is -4.36. The summed E-state index contributed by atoms with van der Waals surface area (Å²) in [5.41, 5.74) is -0.969. The Morgan fingerprint density at radius 2 is 1.66 bits per heavy atom. The SMILES string of the molecule is CCOC(=O)c1ccc(NC(=O)CN2N=NC3C(=O)N(c4c(F)c(F)cc(F)c4F)C(=O)C32)cc1. The highest BCUT2D eigenvalue weighted by atomic mass is 19.2. The van der Waals surface area contributed by atoms with Crippen LogP contribution in [0.3, 0.4) is 0 Å². The molecule has 0 bridgehead atoms. The first-order chi connectivity index (χ1) is 16.6. The number of amides is 3. The van der Waals surface area contributed by atoms with Gasteiger partial charge in [-0.2, -0.15) is 5.11 Å². The number of benzene rings is 2. The van der Waals surface area contributed by atoms with Crippen molar-refractivity contribution < 1.29 is 41.5 Å². The minimum atomic E-state index is -1.93. The molecule has 0 radical (unpaired) electrons. The Balaban J connectivity index is 1.48. The molecular weight excluding hydrogens is 478 g/mol. The van der Waals surface area contributed by atoms with Crippen molar-refractivity contribution in [2.24, 2.45) is 10.3 Å². The number of rotatable bonds is 6. The third-order valence-electron chi connectivity index (χ3n) is 5.16. The van der Waals surface area contributed by atoms with Crippen LogP contribution in [0.5, 0.6) is 0 Å². The number of halogens is 4. The van der Waals surface area contributed by atoms with Crippen LogP contribution in [-0.4, -0.2) is 53.9 Å². The molecule has 2 atom stereocenters. The van der Waals surface area contributed by atoms with E-state index in [1.165, 1.54) is 24.3 Å². The van der Waals surface area contributed by atoms with Crippen LogP contribution in [0.15, 0.2) is 40.7 Å². The summed E-state index contributed by atoms with van der Waals surface area (Å²) < 4.78 is 60.5. The summed E-state index contributed by atoms with van der Waals surface area (Å²) in [6.07, 6.45) is 0. The quantitative estimate of drug-likeness (QED) is 0.286. The number of hydrogen-bond donors (Lipinski definition) is 1. The van der Waals surface area contributed by atoms with Gasteiger partial charge in [-0.3, -0.25) is 19.4 Å². The van der Waals surface area contributed by atoms with E-state index in [2.05, 4.69) is 15.7 Å². The second kappa shape index (κ2) is 9.12. The fourth-order valence-electron chi connectivity index (χ4n) is 3.58. The second-order valence-electron chi connectivity index (χ2n) is 7.37. The molecule has 0 spiro atoms. The van der Waals surface area contributed by atoms with Crippen molar-refractivity contribution in [3.8, 4) is 0 Å². The molecule has 0 aromatic heterocycles. The van der Waals surface area contributed by atoms with Crippen molar-refractivity contribution in [3.05, 3.63) is 59.2 Å². The first-order valence-corrected chi connectivity index (χ1v) is 10.1. The van der Waals surface area contributed by atoms with E-state index in [-0.39, 0.29) is 28.8 Å². The van der Waals surface area contributed by atoms with Gasteiger partial charge in [0.15, 0.2) is 35.4 Å². The van der Waals surface area contributed by atoms with Gasteiger partial charge in [-0.1, -0.05) is 5.22 Å². The topological polar surface area (TPSA) is 121 Å². The van der Waals surface area contributed by atoms with Crippen LogP contribution in [0.25, 0.3) is 0 Å². The van der Waals surface area contributed by atoms with Crippen LogP contribution in [0.1, 0.15) is 17.3 Å². The molecule has 3 amide bonds. The van der Waals surface area contributed by atoms with E-state index in [1.807, 2.05) is 0 Å². The number of anilines is 2. The molecule has 1 saturated heterocycles. The smallest absolute Gasteiger partial charge is 0.338 e. The summed E-state index contributed by atoms with van der Waals surface area (Å²) >= 11 is 0. The number of carbonyl (C=O) groups is 4. The third-order valence-corrected chi connectivity index (χ3v) is 5.16. The molecule has 14 heteroatoms. The fraction of sp³-hybridized carbons (Fsp3) is 0.238. The Morgan fingerprint density at radius 1 is 1.03 bits per heavy atom. The lowest BCUT2D eigenvalue weighted by molar-refractivity contribution is -0.123. The van der Waals surface area contributed by atoms with Crippen LogP contribution in [0.2, 0.25) is 0 Å². The number of carbonyl (C=O) groups excluding carboxylic acids is 4. The maximum Gasteiger partial charge on any atom is 0.338 e. The van der Waals surface area contributed by atoms with Gasteiger partial charge in [-0.25, -0.2) is 27.3 Å². The van der Waals surface area contributed by atoms with E-state index in [0.717, 1.165) is 5.01 Å². The van der Waals surface area contributed by atoms with Gasteiger partial charge in [0.1, 0.15) is 12.2 Å². The molecule has 2 aliphatic rings. The molecule has 2 aliphatic heterocycles. The van der Waals surface area contributed by atoms with E-state index >= 15 is 0 Å². The summed E-state index contributed by atoms with van der Waals surface area (Å²) in [6, 6.07) is 2.50. The zero-order chi connectivity index (χ0) is 25.4. The Morgan fingerprint density at radius 3 is 2.26 bits per heavy atom. The molecule has 35 heavy (non-hydrogen) atoms. The zero-order valence-corrected chi connectivity index (χ0v) is 17.8. The average Bonchev–Trinajstić information content (AvgIpc) is 3.33. The van der Waals surface area contributed by atoms with Gasteiger partial charge in [0.2, 0.25) is 5.91 Å². The van der Waals surface area contributed by atoms with Gasteiger partial charge >= 0.3 is 5.97 Å². The van der Waals surface area contributed by atoms with Crippen LogP contribution in [-0.2, 0) is 19.1 Å². The molecule has 0 saturated carbocycles. The van der Waals surface area contributed by atoms with Crippen molar-refractivity contribution in [1.82, 2.24) is 5.01 Å². The lowest BCUT2D eigenvalue weighted by Crippen LogP contribution is -2.43. The van der Waals surface area contributed by atoms with Crippen LogP contribution in [0.4, 0.5) is 28.9 Å². The van der Waals surface area contributed by atoms with Crippen LogP contribution < -0.4 is 10.2 Å². The number of ether oxygens (including phenoxy) is 1. The van der Waals surface area contributed by atoms with Crippen molar-refractivity contribution >= 4 is 35.1 Å². The van der Waals surface area contributed by atoms with Crippen LogP contribution in [0, 0.1) is 23.3 Å². The zero-order valence-electron chi connectivity index (χ0n) is 17.8. The summed E-state index contributed by atoms with van der Waals surface area (Å²) in [4.78, 5) is 49.5. The number of nitrogens with one attached hydrogen (secondary N) is 1. The predicted molar refractivity (Wildman–Crippen MR) is 109 cm³/mol. The fourth-order valence-corrected chi connectivity index (χ4v) is 3.58. The summed E-state index contributed by atoms with van der Waals surface area (Å²) in [5, 5.41) is 10.5. The highest BCUT2D eigenvalue weighted by Crippen LogP contribution is 2.36. The molecule has 1 fully saturated rings. The average molecular weight is 493 g/mol. The van der Waals surface area contributed by atoms with Gasteiger partial charge in [-0.05, 0) is 31.2 Å². The second-order valence-corrected chi connectivity index (χ2v) is 7.37. The maximum atomic E-state index is 14.2. The number of nitrogens with zero attached hydrogens (tertiary/aromatic N) is 4. The summed E-state index contributed by atoms with van der Waals surface area (Å²) in [7, 11) is 0. The minimum absolute atomic E-state index is 0.0383. The molecule has 2 aromatic carbocycles. The largest absolute Gasteiger partial charge is 0.462 e. The Labute approximate surface area is 194 Å². The standard InChI is InChI=1S/C21H15F4N5O5/c1-2-35-21(34)9-3-5-10(6-4-9)26-13(31)8-29-18-16(27-28-29)19(32)30(20(18)33)17-14(24)11(22)7-12(23)15(17)25/h3-7,16,18H,2,8H2,1H3,(H,26,31). The molecule has 4 rings (SSSR count). The molecule has 10 nitrogen and oxygen atoms in total. The van der Waals surface area contributed by atoms with E-state index < -0.39 is 71.3 Å². The van der Waals surface area contributed by atoms with Gasteiger partial charge in [0.05, 0.1) is 12.2 Å². The van der Waals surface area contributed by atoms with Gasteiger partial charge in [-0.15, -0.1) is 0 Å². The first kappa shape index (κ1) is 23.8. The summed E-state index contributed by atoms with van der Waals surface area (Å²) in [6.45, 7) is 1.24. The van der Waals surface area contributed by atoms with Crippen LogP contribution >= 0.6 is 0 Å². The number of esters is 1. The molecule has 1 N–H and O–H groups in total. The highest BCUT2D eigenvalue weighted by Gasteiger charge is 2.56. The van der Waals surface area contributed by atoms with Crippen molar-refractivity contribution in [1.29, 1.82) is 0 Å². The first-order valence-electron chi connectivity index (χ1n) is 10.1. The van der Waals surface area contributed by atoms with E-state index in [9.17, 15) is 36.7 Å². The molecule has 2 aromatic rings. The van der Waals surface area contributed by atoms with Crippen molar-refractivity contribution in [2.45, 2.75) is 19.0 Å². The normalized spacial score (nSPS) is 18.8. The highest BCUT2D eigenvalue weighted by molar-refractivity contribution is 6.25. The van der Waals surface area contributed by atoms with Crippen molar-refractivity contribution in [2.75, 3.05) is 23.4 Å². The monoisotopic (exact) mass is 493 g/mol. The number of hydrogen-bond acceptors (Lipinski definition) is 8. The molecule has 2 heterocycles. The molecule has 0 aliphatic carbocycles. The third kappa shape index (κ3) is 4.18. The minimum Gasteiger partial charge on any atom is -0.462 e. The van der Waals surface area contributed by atoms with Gasteiger partial charge < -0.3 is 10.1 Å². The molecular formula is C21H15F4N5O5. The lowest BCUT2D eigenvalue weighted by Gasteiger charge is -2.21. The van der Waals surface area contributed by atoms with E-state index in [1.54, 1.807) is 6.92 Å². The maximum absolute atomic E-state index is 14.2. The molecule has 182 valence electrons. The number of fused-ring (bicyclic) bond motifs is 1. The van der Waals surface area contributed by atoms with E-state index in [4.69, 9.17) is 4.74 Å². The van der Waals surface area contributed by atoms with Gasteiger partial charge in [0, 0.05) is 11.8 Å². The van der Waals surface area contributed by atoms with Gasteiger partial charge in [0.25, 0.3) is 11.8 Å². The molecule has 2 unspecified atom stereocenters. The number of imide groups is 1. The predicted octanol–water partition coefficient (Wildman–Crippen LogP) is 2.35. The van der Waals surface area contributed by atoms with E-state index in [0.29, 0.717) is 0 Å². The Bertz CT molecular complexity index is 1240.